The maximum Gasteiger partial charge on any atom is 0.210 e. The fourth-order valence-electron chi connectivity index (χ4n) is 1.61. The van der Waals surface area contributed by atoms with Crippen molar-refractivity contribution < 1.29 is 13.2 Å². The average molecular weight is 263 g/mol. The summed E-state index contributed by atoms with van der Waals surface area (Å²) in [6.45, 7) is 0. The van der Waals surface area contributed by atoms with Crippen molar-refractivity contribution in [2.75, 3.05) is 12.8 Å². The fourth-order valence-corrected chi connectivity index (χ4v) is 3.04. The minimum absolute atomic E-state index is 0.150. The Labute approximate surface area is 106 Å². The van der Waals surface area contributed by atoms with Gasteiger partial charge in [0.05, 0.1) is 12.0 Å². The van der Waals surface area contributed by atoms with E-state index in [9.17, 15) is 8.42 Å². The van der Waals surface area contributed by atoms with E-state index in [2.05, 4.69) is 0 Å². The number of anilines is 1. The molecule has 0 atom stereocenters. The minimum Gasteiger partial charge on any atom is -0.495 e. The second-order valence-electron chi connectivity index (χ2n) is 3.72. The number of nitrogen functional groups attached to an aromatic ring is 1. The Morgan fingerprint density at radius 1 is 1.00 bits per heavy atom. The molecule has 2 aromatic rings. The lowest BCUT2D eigenvalue weighted by Crippen LogP contribution is -2.04. The molecule has 5 heteroatoms. The van der Waals surface area contributed by atoms with E-state index in [1.54, 1.807) is 30.3 Å². The SMILES string of the molecule is COc1ccccc1S(=O)(=O)c1ccc(N)cc1. The Morgan fingerprint density at radius 2 is 1.61 bits per heavy atom. The Hall–Kier alpha value is -2.01. The standard InChI is InChI=1S/C13H13NO3S/c1-17-12-4-2-3-5-13(12)18(15,16)11-8-6-10(14)7-9-11/h2-9H,14H2,1H3. The predicted molar refractivity (Wildman–Crippen MR) is 69.3 cm³/mol. The monoisotopic (exact) mass is 263 g/mol. The number of ether oxygens (including phenoxy) is 1. The highest BCUT2D eigenvalue weighted by Gasteiger charge is 2.21. The molecule has 0 saturated carbocycles. The summed E-state index contributed by atoms with van der Waals surface area (Å²) in [6, 6.07) is 12.6. The summed E-state index contributed by atoms with van der Waals surface area (Å²) in [4.78, 5) is 0.346. The molecule has 4 nitrogen and oxygen atoms in total. The minimum atomic E-state index is -3.58. The van der Waals surface area contributed by atoms with E-state index in [1.807, 2.05) is 0 Å². The number of rotatable bonds is 3. The summed E-state index contributed by atoms with van der Waals surface area (Å²) in [7, 11) is -2.14. The maximum atomic E-state index is 12.4. The number of hydrogen-bond acceptors (Lipinski definition) is 4. The van der Waals surface area contributed by atoms with Crippen molar-refractivity contribution in [1.82, 2.24) is 0 Å². The maximum absolute atomic E-state index is 12.4. The van der Waals surface area contributed by atoms with Gasteiger partial charge in [0.2, 0.25) is 9.84 Å². The third-order valence-corrected chi connectivity index (χ3v) is 4.36. The fraction of sp³-hybridized carbons (Fsp3) is 0.0769. The summed E-state index contributed by atoms with van der Waals surface area (Å²) in [5.74, 6) is 0.328. The van der Waals surface area contributed by atoms with Gasteiger partial charge in [-0.2, -0.15) is 0 Å². The summed E-state index contributed by atoms with van der Waals surface area (Å²) in [6.07, 6.45) is 0. The topological polar surface area (TPSA) is 69.4 Å². The first-order chi connectivity index (χ1) is 8.55. The van der Waals surface area contributed by atoms with Gasteiger partial charge in [0.15, 0.2) is 0 Å². The van der Waals surface area contributed by atoms with Crippen LogP contribution in [-0.4, -0.2) is 15.5 Å². The van der Waals surface area contributed by atoms with Gasteiger partial charge in [0, 0.05) is 5.69 Å². The summed E-state index contributed by atoms with van der Waals surface area (Å²) < 4.78 is 29.9. The largest absolute Gasteiger partial charge is 0.495 e. The lowest BCUT2D eigenvalue weighted by molar-refractivity contribution is 0.402. The number of nitrogens with two attached hydrogens (primary N) is 1. The van der Waals surface area contributed by atoms with Crippen molar-refractivity contribution in [1.29, 1.82) is 0 Å². The van der Waals surface area contributed by atoms with Gasteiger partial charge >= 0.3 is 0 Å². The average Bonchev–Trinajstić information content (AvgIpc) is 2.39. The van der Waals surface area contributed by atoms with E-state index >= 15 is 0 Å². The normalized spacial score (nSPS) is 11.2. The third kappa shape index (κ3) is 2.17. The van der Waals surface area contributed by atoms with Crippen LogP contribution >= 0.6 is 0 Å². The lowest BCUT2D eigenvalue weighted by Gasteiger charge is -2.09. The Bertz CT molecular complexity index is 648. The van der Waals surface area contributed by atoms with Gasteiger partial charge in [-0.3, -0.25) is 0 Å². The van der Waals surface area contributed by atoms with Crippen molar-refractivity contribution >= 4 is 15.5 Å². The molecule has 0 spiro atoms. The van der Waals surface area contributed by atoms with Gasteiger partial charge in [-0.05, 0) is 36.4 Å². The Morgan fingerprint density at radius 3 is 2.22 bits per heavy atom. The van der Waals surface area contributed by atoms with Gasteiger partial charge in [-0.1, -0.05) is 12.1 Å². The smallest absolute Gasteiger partial charge is 0.210 e. The lowest BCUT2D eigenvalue weighted by atomic mass is 10.3. The van der Waals surface area contributed by atoms with E-state index in [4.69, 9.17) is 10.5 Å². The quantitative estimate of drug-likeness (QED) is 0.861. The van der Waals surface area contributed by atoms with E-state index < -0.39 is 9.84 Å². The van der Waals surface area contributed by atoms with Gasteiger partial charge in [0.1, 0.15) is 10.6 Å². The number of benzene rings is 2. The Balaban J connectivity index is 2.58. The van der Waals surface area contributed by atoms with Crippen molar-refractivity contribution in [2.45, 2.75) is 9.79 Å². The Kier molecular flexibility index (Phi) is 3.25. The summed E-state index contributed by atoms with van der Waals surface area (Å²) >= 11 is 0. The molecule has 2 N–H and O–H groups in total. The molecule has 0 saturated heterocycles. The van der Waals surface area contributed by atoms with Crippen LogP contribution < -0.4 is 10.5 Å². The molecule has 0 fully saturated rings. The van der Waals surface area contributed by atoms with Crippen LogP contribution in [0.25, 0.3) is 0 Å². The molecule has 2 rings (SSSR count). The highest BCUT2D eigenvalue weighted by molar-refractivity contribution is 7.91. The van der Waals surface area contributed by atoms with Gasteiger partial charge in [-0.25, -0.2) is 8.42 Å². The first-order valence-electron chi connectivity index (χ1n) is 5.29. The number of hydrogen-bond donors (Lipinski definition) is 1. The van der Waals surface area contributed by atoms with Crippen LogP contribution in [-0.2, 0) is 9.84 Å². The van der Waals surface area contributed by atoms with Crippen LogP contribution in [0.5, 0.6) is 5.75 Å². The first kappa shape index (κ1) is 12.4. The molecule has 0 aliphatic heterocycles. The molecule has 0 aliphatic rings. The van der Waals surface area contributed by atoms with Crippen molar-refractivity contribution in [3.05, 3.63) is 48.5 Å². The highest BCUT2D eigenvalue weighted by Crippen LogP contribution is 2.29. The highest BCUT2D eigenvalue weighted by atomic mass is 32.2. The van der Waals surface area contributed by atoms with Crippen molar-refractivity contribution in [2.24, 2.45) is 0 Å². The molecular weight excluding hydrogens is 250 g/mol. The molecule has 0 aromatic heterocycles. The van der Waals surface area contributed by atoms with Crippen LogP contribution in [0.4, 0.5) is 5.69 Å². The third-order valence-electron chi connectivity index (χ3n) is 2.55. The number of sulfone groups is 1. The van der Waals surface area contributed by atoms with Crippen molar-refractivity contribution in [3.8, 4) is 5.75 Å². The summed E-state index contributed by atoms with van der Waals surface area (Å²) in [5, 5.41) is 0. The number of methoxy groups -OCH3 is 1. The summed E-state index contributed by atoms with van der Waals surface area (Å²) in [5.41, 5.74) is 6.07. The van der Waals surface area contributed by atoms with Crippen LogP contribution in [0.1, 0.15) is 0 Å². The molecule has 0 radical (unpaired) electrons. The molecule has 18 heavy (non-hydrogen) atoms. The molecule has 0 amide bonds. The van der Waals surface area contributed by atoms with E-state index in [-0.39, 0.29) is 9.79 Å². The second-order valence-corrected chi connectivity index (χ2v) is 5.64. The molecule has 94 valence electrons. The van der Waals surface area contributed by atoms with E-state index in [1.165, 1.54) is 25.3 Å². The first-order valence-corrected chi connectivity index (χ1v) is 6.77. The number of para-hydroxylation sites is 1. The molecule has 0 heterocycles. The van der Waals surface area contributed by atoms with Gasteiger partial charge in [-0.15, -0.1) is 0 Å². The van der Waals surface area contributed by atoms with E-state index in [0.29, 0.717) is 11.4 Å². The molecule has 0 aliphatic carbocycles. The van der Waals surface area contributed by atoms with Crippen LogP contribution in [0.15, 0.2) is 58.3 Å². The molecule has 2 aromatic carbocycles. The molecular formula is C13H13NO3S. The van der Waals surface area contributed by atoms with Gasteiger partial charge < -0.3 is 10.5 Å². The second kappa shape index (κ2) is 4.70. The zero-order chi connectivity index (χ0) is 13.2. The molecule has 0 unspecified atom stereocenters. The predicted octanol–water partition coefficient (Wildman–Crippen LogP) is 2.11. The zero-order valence-electron chi connectivity index (χ0n) is 9.83. The zero-order valence-corrected chi connectivity index (χ0v) is 10.6. The van der Waals surface area contributed by atoms with Crippen molar-refractivity contribution in [3.63, 3.8) is 0 Å². The van der Waals surface area contributed by atoms with Gasteiger partial charge in [0.25, 0.3) is 0 Å². The van der Waals surface area contributed by atoms with Crippen LogP contribution in [0.2, 0.25) is 0 Å². The van der Waals surface area contributed by atoms with E-state index in [0.717, 1.165) is 0 Å². The van der Waals surface area contributed by atoms with Crippen LogP contribution in [0, 0.1) is 0 Å². The molecule has 0 bridgehead atoms. The van der Waals surface area contributed by atoms with Crippen LogP contribution in [0.3, 0.4) is 0 Å².